The lowest BCUT2D eigenvalue weighted by Crippen LogP contribution is -1.86. The monoisotopic (exact) mass is 244 g/mol. The van der Waals surface area contributed by atoms with Gasteiger partial charge in [0.2, 0.25) is 0 Å². The zero-order chi connectivity index (χ0) is 12.3. The molecule has 86 valence electrons. The van der Waals surface area contributed by atoms with Gasteiger partial charge in [-0.05, 0) is 29.3 Å². The van der Waals surface area contributed by atoms with Gasteiger partial charge in [-0.3, -0.25) is 0 Å². The molecule has 0 bridgehead atoms. The first-order valence-electron chi connectivity index (χ1n) is 5.31. The van der Waals surface area contributed by atoms with E-state index in [0.29, 0.717) is 5.02 Å². The molecule has 2 aromatic rings. The smallest absolute Gasteiger partial charge is 0.120 e. The van der Waals surface area contributed by atoms with Gasteiger partial charge in [-0.1, -0.05) is 48.5 Å². The lowest BCUT2D eigenvalue weighted by atomic mass is 9.99. The highest BCUT2D eigenvalue weighted by molar-refractivity contribution is 6.33. The van der Waals surface area contributed by atoms with E-state index >= 15 is 0 Å². The molecule has 0 aliphatic rings. The SMILES string of the molecule is C=Cc1ccccc1-c1ccc(OC)cc1Cl. The minimum Gasteiger partial charge on any atom is -0.497 e. The molecule has 0 spiro atoms. The Hall–Kier alpha value is -1.73. The standard InChI is InChI=1S/C15H13ClO/c1-3-11-6-4-5-7-13(11)14-9-8-12(17-2)10-15(14)16/h3-10H,1H2,2H3. The van der Waals surface area contributed by atoms with Crippen LogP contribution in [0.2, 0.25) is 5.02 Å². The van der Waals surface area contributed by atoms with Crippen molar-refractivity contribution in [3.8, 4) is 16.9 Å². The van der Waals surface area contributed by atoms with Gasteiger partial charge in [0.25, 0.3) is 0 Å². The summed E-state index contributed by atoms with van der Waals surface area (Å²) in [6.07, 6.45) is 1.83. The van der Waals surface area contributed by atoms with Crippen LogP contribution in [0.3, 0.4) is 0 Å². The van der Waals surface area contributed by atoms with Crippen LogP contribution in [0.25, 0.3) is 17.2 Å². The van der Waals surface area contributed by atoms with E-state index in [9.17, 15) is 0 Å². The minimum absolute atomic E-state index is 0.679. The topological polar surface area (TPSA) is 9.23 Å². The van der Waals surface area contributed by atoms with Crippen LogP contribution in [0, 0.1) is 0 Å². The Bertz CT molecular complexity index is 546. The van der Waals surface area contributed by atoms with E-state index in [1.165, 1.54) is 0 Å². The van der Waals surface area contributed by atoms with Crippen molar-refractivity contribution in [3.63, 3.8) is 0 Å². The second kappa shape index (κ2) is 5.07. The van der Waals surface area contributed by atoms with Crippen molar-refractivity contribution in [2.24, 2.45) is 0 Å². The molecule has 0 fully saturated rings. The molecule has 2 heteroatoms. The molecule has 0 saturated heterocycles. The summed E-state index contributed by atoms with van der Waals surface area (Å²) in [5.41, 5.74) is 3.14. The van der Waals surface area contributed by atoms with Crippen LogP contribution in [0.4, 0.5) is 0 Å². The second-order valence-corrected chi connectivity index (χ2v) is 4.04. The van der Waals surface area contributed by atoms with Crippen molar-refractivity contribution in [1.29, 1.82) is 0 Å². The number of benzene rings is 2. The molecule has 2 rings (SSSR count). The maximum atomic E-state index is 6.26. The maximum Gasteiger partial charge on any atom is 0.120 e. The second-order valence-electron chi connectivity index (χ2n) is 3.64. The maximum absolute atomic E-state index is 6.26. The van der Waals surface area contributed by atoms with Crippen LogP contribution in [-0.4, -0.2) is 7.11 Å². The van der Waals surface area contributed by atoms with Gasteiger partial charge in [0.05, 0.1) is 12.1 Å². The van der Waals surface area contributed by atoms with Crippen LogP contribution in [0.5, 0.6) is 5.75 Å². The third kappa shape index (κ3) is 2.34. The van der Waals surface area contributed by atoms with Gasteiger partial charge >= 0.3 is 0 Å². The Labute approximate surface area is 106 Å². The van der Waals surface area contributed by atoms with Gasteiger partial charge in [-0.15, -0.1) is 0 Å². The molecule has 0 saturated carbocycles. The summed E-state index contributed by atoms with van der Waals surface area (Å²) in [5.74, 6) is 0.759. The Morgan fingerprint density at radius 3 is 2.53 bits per heavy atom. The van der Waals surface area contributed by atoms with E-state index in [-0.39, 0.29) is 0 Å². The fraction of sp³-hybridized carbons (Fsp3) is 0.0667. The number of methoxy groups -OCH3 is 1. The minimum atomic E-state index is 0.679. The van der Waals surface area contributed by atoms with Crippen LogP contribution >= 0.6 is 11.6 Å². The molecule has 0 unspecified atom stereocenters. The first kappa shape index (κ1) is 11.7. The quantitative estimate of drug-likeness (QED) is 0.763. The lowest BCUT2D eigenvalue weighted by molar-refractivity contribution is 0.415. The van der Waals surface area contributed by atoms with Gasteiger partial charge in [0, 0.05) is 5.56 Å². The van der Waals surface area contributed by atoms with Crippen LogP contribution in [0.15, 0.2) is 49.0 Å². The number of rotatable bonds is 3. The largest absolute Gasteiger partial charge is 0.497 e. The molecule has 0 atom stereocenters. The molecule has 0 radical (unpaired) electrons. The Balaban J connectivity index is 2.56. The summed E-state index contributed by atoms with van der Waals surface area (Å²) in [5, 5.41) is 0.679. The third-order valence-corrected chi connectivity index (χ3v) is 2.96. The van der Waals surface area contributed by atoms with Gasteiger partial charge < -0.3 is 4.74 Å². The first-order valence-corrected chi connectivity index (χ1v) is 5.69. The average Bonchev–Trinajstić information content (AvgIpc) is 2.38. The summed E-state index contributed by atoms with van der Waals surface area (Å²) in [6.45, 7) is 3.81. The van der Waals surface area contributed by atoms with Crippen molar-refractivity contribution in [2.45, 2.75) is 0 Å². The molecule has 1 nitrogen and oxygen atoms in total. The van der Waals surface area contributed by atoms with Crippen LogP contribution in [-0.2, 0) is 0 Å². The molecule has 0 aliphatic heterocycles. The van der Waals surface area contributed by atoms with E-state index in [1.54, 1.807) is 7.11 Å². The number of hydrogen-bond acceptors (Lipinski definition) is 1. The number of hydrogen-bond donors (Lipinski definition) is 0. The number of halogens is 1. The zero-order valence-corrected chi connectivity index (χ0v) is 10.4. The molecule has 0 aliphatic carbocycles. The third-order valence-electron chi connectivity index (χ3n) is 2.65. The number of ether oxygens (including phenoxy) is 1. The Kier molecular flexibility index (Phi) is 3.50. The van der Waals surface area contributed by atoms with E-state index in [1.807, 2.05) is 48.5 Å². The predicted octanol–water partition coefficient (Wildman–Crippen LogP) is 4.66. The van der Waals surface area contributed by atoms with Gasteiger partial charge in [0.15, 0.2) is 0 Å². The molecule has 17 heavy (non-hydrogen) atoms. The molecule has 0 N–H and O–H groups in total. The van der Waals surface area contributed by atoms with Crippen molar-refractivity contribution >= 4 is 17.7 Å². The summed E-state index contributed by atoms with van der Waals surface area (Å²) >= 11 is 6.26. The highest BCUT2D eigenvalue weighted by Gasteiger charge is 2.07. The average molecular weight is 245 g/mol. The summed E-state index contributed by atoms with van der Waals surface area (Å²) in [6, 6.07) is 13.7. The fourth-order valence-corrected chi connectivity index (χ4v) is 2.03. The molecule has 0 amide bonds. The summed E-state index contributed by atoms with van der Waals surface area (Å²) < 4.78 is 5.14. The fourth-order valence-electron chi connectivity index (χ4n) is 1.76. The van der Waals surface area contributed by atoms with E-state index in [0.717, 1.165) is 22.4 Å². The Morgan fingerprint density at radius 1 is 1.12 bits per heavy atom. The molecule has 0 aromatic heterocycles. The normalized spacial score (nSPS) is 10.0. The van der Waals surface area contributed by atoms with Crippen molar-refractivity contribution < 1.29 is 4.74 Å². The van der Waals surface area contributed by atoms with Crippen LogP contribution in [0.1, 0.15) is 5.56 Å². The van der Waals surface area contributed by atoms with Gasteiger partial charge in [0.1, 0.15) is 5.75 Å². The van der Waals surface area contributed by atoms with E-state index in [4.69, 9.17) is 16.3 Å². The van der Waals surface area contributed by atoms with Crippen molar-refractivity contribution in [1.82, 2.24) is 0 Å². The highest BCUT2D eigenvalue weighted by atomic mass is 35.5. The van der Waals surface area contributed by atoms with Gasteiger partial charge in [-0.2, -0.15) is 0 Å². The molecular formula is C15H13ClO. The summed E-state index contributed by atoms with van der Waals surface area (Å²) in [4.78, 5) is 0. The first-order chi connectivity index (χ1) is 8.26. The van der Waals surface area contributed by atoms with Crippen molar-refractivity contribution in [3.05, 3.63) is 59.6 Å². The lowest BCUT2D eigenvalue weighted by Gasteiger charge is -2.09. The molecule has 2 aromatic carbocycles. The van der Waals surface area contributed by atoms with E-state index in [2.05, 4.69) is 6.58 Å². The van der Waals surface area contributed by atoms with Crippen LogP contribution < -0.4 is 4.74 Å². The molecular weight excluding hydrogens is 232 g/mol. The highest BCUT2D eigenvalue weighted by Crippen LogP contribution is 2.33. The summed E-state index contributed by atoms with van der Waals surface area (Å²) in [7, 11) is 1.63. The van der Waals surface area contributed by atoms with Gasteiger partial charge in [-0.25, -0.2) is 0 Å². The zero-order valence-electron chi connectivity index (χ0n) is 9.61. The van der Waals surface area contributed by atoms with E-state index < -0.39 is 0 Å². The Morgan fingerprint density at radius 2 is 1.88 bits per heavy atom. The predicted molar refractivity (Wildman–Crippen MR) is 73.5 cm³/mol. The van der Waals surface area contributed by atoms with Crippen molar-refractivity contribution in [2.75, 3.05) is 7.11 Å². The molecule has 0 heterocycles.